The molecular formula is C16H14N4O4. The number of pyridine rings is 1. The Hall–Kier alpha value is -3.29. The van der Waals surface area contributed by atoms with Gasteiger partial charge in [0.15, 0.2) is 0 Å². The SMILES string of the molecule is CCC1C(=O)Nc2cc([N+](=O)[O-])c(NC(=O)c3ccncc3)cc21. The van der Waals surface area contributed by atoms with Crippen molar-refractivity contribution in [3.63, 3.8) is 0 Å². The molecule has 1 aromatic carbocycles. The van der Waals surface area contributed by atoms with Gasteiger partial charge < -0.3 is 10.6 Å². The van der Waals surface area contributed by atoms with Gasteiger partial charge in [-0.3, -0.25) is 24.7 Å². The fraction of sp³-hybridized carbons (Fsp3) is 0.188. The van der Waals surface area contributed by atoms with Crippen LogP contribution in [0.5, 0.6) is 0 Å². The molecule has 8 nitrogen and oxygen atoms in total. The van der Waals surface area contributed by atoms with Crippen LogP contribution in [0.4, 0.5) is 17.1 Å². The number of carbonyl (C=O) groups excluding carboxylic acids is 2. The van der Waals surface area contributed by atoms with Crippen LogP contribution in [-0.2, 0) is 4.79 Å². The number of nitrogens with zero attached hydrogens (tertiary/aromatic N) is 2. The summed E-state index contributed by atoms with van der Waals surface area (Å²) in [6, 6.07) is 5.80. The van der Waals surface area contributed by atoms with Crippen LogP contribution in [-0.4, -0.2) is 21.7 Å². The third-order valence-electron chi connectivity index (χ3n) is 3.91. The lowest BCUT2D eigenvalue weighted by Crippen LogP contribution is -2.13. The van der Waals surface area contributed by atoms with E-state index in [1.54, 1.807) is 0 Å². The molecule has 0 spiro atoms. The van der Waals surface area contributed by atoms with Crippen molar-refractivity contribution in [1.29, 1.82) is 0 Å². The van der Waals surface area contributed by atoms with Gasteiger partial charge in [-0.1, -0.05) is 6.92 Å². The van der Waals surface area contributed by atoms with E-state index in [-0.39, 0.29) is 23.2 Å². The second kappa shape index (κ2) is 6.07. The van der Waals surface area contributed by atoms with E-state index >= 15 is 0 Å². The molecule has 1 aliphatic heterocycles. The molecule has 8 heteroatoms. The van der Waals surface area contributed by atoms with Crippen molar-refractivity contribution in [2.75, 3.05) is 10.6 Å². The van der Waals surface area contributed by atoms with Crippen molar-refractivity contribution >= 4 is 28.9 Å². The molecule has 24 heavy (non-hydrogen) atoms. The molecule has 0 saturated carbocycles. The Bertz CT molecular complexity index is 835. The summed E-state index contributed by atoms with van der Waals surface area (Å²) in [7, 11) is 0. The number of nitrogens with one attached hydrogen (secondary N) is 2. The number of carbonyl (C=O) groups is 2. The topological polar surface area (TPSA) is 114 Å². The molecule has 2 heterocycles. The molecule has 2 aromatic rings. The Morgan fingerprint density at radius 3 is 2.71 bits per heavy atom. The van der Waals surface area contributed by atoms with E-state index in [9.17, 15) is 19.7 Å². The Morgan fingerprint density at radius 2 is 2.08 bits per heavy atom. The van der Waals surface area contributed by atoms with E-state index in [1.807, 2.05) is 6.92 Å². The molecule has 2 N–H and O–H groups in total. The summed E-state index contributed by atoms with van der Waals surface area (Å²) in [5.74, 6) is -1.05. The van der Waals surface area contributed by atoms with E-state index in [0.29, 0.717) is 23.2 Å². The third-order valence-corrected chi connectivity index (χ3v) is 3.91. The molecule has 0 radical (unpaired) electrons. The molecule has 1 atom stereocenters. The van der Waals surface area contributed by atoms with Crippen LogP contribution in [0, 0.1) is 10.1 Å². The largest absolute Gasteiger partial charge is 0.325 e. The van der Waals surface area contributed by atoms with Gasteiger partial charge in [0.05, 0.1) is 16.5 Å². The summed E-state index contributed by atoms with van der Waals surface area (Å²) in [6.45, 7) is 1.86. The highest BCUT2D eigenvalue weighted by Gasteiger charge is 2.32. The minimum absolute atomic E-state index is 0.0653. The molecule has 0 saturated heterocycles. The first-order valence-corrected chi connectivity index (χ1v) is 7.35. The highest BCUT2D eigenvalue weighted by Crippen LogP contribution is 2.40. The molecular weight excluding hydrogens is 312 g/mol. The minimum atomic E-state index is -0.589. The summed E-state index contributed by atoms with van der Waals surface area (Å²) < 4.78 is 0. The Kier molecular flexibility index (Phi) is 3.95. The normalized spacial score (nSPS) is 15.5. The van der Waals surface area contributed by atoms with Crippen molar-refractivity contribution in [2.24, 2.45) is 0 Å². The zero-order chi connectivity index (χ0) is 17.3. The lowest BCUT2D eigenvalue weighted by Gasteiger charge is -2.10. The maximum absolute atomic E-state index is 12.3. The number of aromatic nitrogens is 1. The van der Waals surface area contributed by atoms with Gasteiger partial charge in [-0.15, -0.1) is 0 Å². The summed E-state index contributed by atoms with van der Waals surface area (Å²) in [6.07, 6.45) is 3.48. The molecule has 2 amide bonds. The quantitative estimate of drug-likeness (QED) is 0.662. The number of nitro benzene ring substituents is 1. The van der Waals surface area contributed by atoms with Crippen LogP contribution < -0.4 is 10.6 Å². The maximum Gasteiger partial charge on any atom is 0.294 e. The standard InChI is InChI=1S/C16H14N4O4/c1-2-10-11-7-13(19-15(21)9-3-5-17-6-4-9)14(20(23)24)8-12(11)18-16(10)22/h3-8,10H,2H2,1H3,(H,18,22)(H,19,21). The van der Waals surface area contributed by atoms with Crippen molar-refractivity contribution in [2.45, 2.75) is 19.3 Å². The van der Waals surface area contributed by atoms with Crippen LogP contribution in [0.1, 0.15) is 35.2 Å². The minimum Gasteiger partial charge on any atom is -0.325 e. The van der Waals surface area contributed by atoms with Crippen molar-refractivity contribution in [3.05, 3.63) is 57.9 Å². The van der Waals surface area contributed by atoms with E-state index in [1.165, 1.54) is 36.7 Å². The number of rotatable bonds is 4. The van der Waals surface area contributed by atoms with Crippen LogP contribution in [0.25, 0.3) is 0 Å². The van der Waals surface area contributed by atoms with E-state index in [4.69, 9.17) is 0 Å². The van der Waals surface area contributed by atoms with E-state index in [0.717, 1.165) is 0 Å². The number of hydrogen-bond donors (Lipinski definition) is 2. The second-order valence-corrected chi connectivity index (χ2v) is 5.35. The highest BCUT2D eigenvalue weighted by molar-refractivity contribution is 6.08. The number of fused-ring (bicyclic) bond motifs is 1. The van der Waals surface area contributed by atoms with Crippen LogP contribution in [0.15, 0.2) is 36.7 Å². The van der Waals surface area contributed by atoms with Crippen molar-refractivity contribution in [1.82, 2.24) is 4.98 Å². The Balaban J connectivity index is 2.01. The third kappa shape index (κ3) is 2.69. The van der Waals surface area contributed by atoms with Gasteiger partial charge in [0.1, 0.15) is 5.69 Å². The highest BCUT2D eigenvalue weighted by atomic mass is 16.6. The summed E-state index contributed by atoms with van der Waals surface area (Å²) in [5, 5.41) is 16.5. The fourth-order valence-electron chi connectivity index (χ4n) is 2.72. The molecule has 0 bridgehead atoms. The van der Waals surface area contributed by atoms with Gasteiger partial charge in [0, 0.05) is 24.0 Å². The second-order valence-electron chi connectivity index (χ2n) is 5.35. The first kappa shape index (κ1) is 15.6. The number of benzene rings is 1. The summed E-state index contributed by atoms with van der Waals surface area (Å²) in [4.78, 5) is 38.7. The fourth-order valence-corrected chi connectivity index (χ4v) is 2.72. The molecule has 122 valence electrons. The molecule has 1 aromatic heterocycles. The van der Waals surface area contributed by atoms with Crippen LogP contribution >= 0.6 is 0 Å². The summed E-state index contributed by atoms with van der Waals surface area (Å²) >= 11 is 0. The average Bonchev–Trinajstić information content (AvgIpc) is 2.88. The number of anilines is 2. The number of hydrogen-bond acceptors (Lipinski definition) is 5. The van der Waals surface area contributed by atoms with Gasteiger partial charge in [-0.25, -0.2) is 0 Å². The molecule has 0 fully saturated rings. The van der Waals surface area contributed by atoms with E-state index in [2.05, 4.69) is 15.6 Å². The van der Waals surface area contributed by atoms with Crippen molar-refractivity contribution in [3.8, 4) is 0 Å². The first-order chi connectivity index (χ1) is 11.5. The monoisotopic (exact) mass is 326 g/mol. The molecule has 0 aliphatic carbocycles. The van der Waals surface area contributed by atoms with Crippen LogP contribution in [0.3, 0.4) is 0 Å². The Morgan fingerprint density at radius 1 is 1.38 bits per heavy atom. The Labute approximate surface area is 137 Å². The lowest BCUT2D eigenvalue weighted by atomic mass is 9.97. The van der Waals surface area contributed by atoms with Crippen LogP contribution in [0.2, 0.25) is 0 Å². The van der Waals surface area contributed by atoms with Crippen molar-refractivity contribution < 1.29 is 14.5 Å². The average molecular weight is 326 g/mol. The van der Waals surface area contributed by atoms with Gasteiger partial charge in [-0.05, 0) is 30.2 Å². The zero-order valence-corrected chi connectivity index (χ0v) is 12.8. The van der Waals surface area contributed by atoms with Gasteiger partial charge in [0.25, 0.3) is 11.6 Å². The number of amides is 2. The molecule has 1 unspecified atom stereocenters. The lowest BCUT2D eigenvalue weighted by molar-refractivity contribution is -0.383. The molecule has 1 aliphatic rings. The van der Waals surface area contributed by atoms with Gasteiger partial charge in [-0.2, -0.15) is 0 Å². The maximum atomic E-state index is 12.3. The zero-order valence-electron chi connectivity index (χ0n) is 12.8. The molecule has 3 rings (SSSR count). The smallest absolute Gasteiger partial charge is 0.294 e. The predicted octanol–water partition coefficient (Wildman–Crippen LogP) is 2.69. The summed E-state index contributed by atoms with van der Waals surface area (Å²) in [5.41, 5.74) is 1.20. The van der Waals surface area contributed by atoms with Gasteiger partial charge >= 0.3 is 0 Å². The first-order valence-electron chi connectivity index (χ1n) is 7.35. The van der Waals surface area contributed by atoms with E-state index < -0.39 is 10.8 Å². The number of nitro groups is 1. The predicted molar refractivity (Wildman–Crippen MR) is 86.9 cm³/mol. The van der Waals surface area contributed by atoms with Gasteiger partial charge in [0.2, 0.25) is 5.91 Å².